The SMILES string of the molecule is CCNC(=NCCCCC(=O)OC)NC(C)c1ccccc1. The topological polar surface area (TPSA) is 62.7 Å². The smallest absolute Gasteiger partial charge is 0.305 e. The van der Waals surface area contributed by atoms with Gasteiger partial charge in [0.25, 0.3) is 0 Å². The summed E-state index contributed by atoms with van der Waals surface area (Å²) in [5, 5.41) is 6.63. The van der Waals surface area contributed by atoms with E-state index in [1.54, 1.807) is 0 Å². The van der Waals surface area contributed by atoms with E-state index in [9.17, 15) is 4.79 Å². The molecular formula is C17H27N3O2. The van der Waals surface area contributed by atoms with Crippen LogP contribution in [0.25, 0.3) is 0 Å². The van der Waals surface area contributed by atoms with E-state index in [-0.39, 0.29) is 12.0 Å². The Morgan fingerprint density at radius 2 is 2.00 bits per heavy atom. The molecule has 0 aliphatic carbocycles. The molecule has 22 heavy (non-hydrogen) atoms. The molecule has 0 fully saturated rings. The zero-order valence-electron chi connectivity index (χ0n) is 13.8. The largest absolute Gasteiger partial charge is 0.469 e. The van der Waals surface area contributed by atoms with Crippen molar-refractivity contribution in [1.82, 2.24) is 10.6 Å². The summed E-state index contributed by atoms with van der Waals surface area (Å²) in [4.78, 5) is 15.6. The highest BCUT2D eigenvalue weighted by Crippen LogP contribution is 2.10. The van der Waals surface area contributed by atoms with Crippen LogP contribution in [-0.2, 0) is 9.53 Å². The van der Waals surface area contributed by atoms with Gasteiger partial charge in [-0.2, -0.15) is 0 Å². The maximum Gasteiger partial charge on any atom is 0.305 e. The fraction of sp³-hybridized carbons (Fsp3) is 0.529. The van der Waals surface area contributed by atoms with E-state index in [1.807, 2.05) is 25.1 Å². The number of guanidine groups is 1. The molecule has 1 unspecified atom stereocenters. The van der Waals surface area contributed by atoms with Crippen molar-refractivity contribution in [1.29, 1.82) is 0 Å². The fourth-order valence-electron chi connectivity index (χ4n) is 2.02. The summed E-state index contributed by atoms with van der Waals surface area (Å²) in [6, 6.07) is 10.5. The Morgan fingerprint density at radius 3 is 2.64 bits per heavy atom. The predicted molar refractivity (Wildman–Crippen MR) is 89.8 cm³/mol. The lowest BCUT2D eigenvalue weighted by Crippen LogP contribution is -2.38. The second kappa shape index (κ2) is 10.7. The number of unbranched alkanes of at least 4 members (excludes halogenated alkanes) is 1. The van der Waals surface area contributed by atoms with Crippen LogP contribution in [0.1, 0.15) is 44.7 Å². The molecule has 0 amide bonds. The number of nitrogens with zero attached hydrogens (tertiary/aromatic N) is 1. The van der Waals surface area contributed by atoms with Crippen LogP contribution in [0.2, 0.25) is 0 Å². The van der Waals surface area contributed by atoms with E-state index >= 15 is 0 Å². The molecule has 0 heterocycles. The third-order valence-corrected chi connectivity index (χ3v) is 3.28. The van der Waals surface area contributed by atoms with E-state index in [2.05, 4.69) is 39.4 Å². The lowest BCUT2D eigenvalue weighted by atomic mass is 10.1. The van der Waals surface area contributed by atoms with Crippen LogP contribution >= 0.6 is 0 Å². The Hall–Kier alpha value is -2.04. The number of hydrogen-bond acceptors (Lipinski definition) is 3. The first kappa shape index (κ1) is 18.0. The van der Waals surface area contributed by atoms with Crippen LogP contribution < -0.4 is 10.6 Å². The number of nitrogens with one attached hydrogen (secondary N) is 2. The summed E-state index contributed by atoms with van der Waals surface area (Å²) < 4.78 is 4.62. The van der Waals surface area contributed by atoms with E-state index in [4.69, 9.17) is 0 Å². The normalized spacial score (nSPS) is 12.6. The number of carbonyl (C=O) groups is 1. The minimum Gasteiger partial charge on any atom is -0.469 e. The molecule has 122 valence electrons. The van der Waals surface area contributed by atoms with Crippen molar-refractivity contribution >= 4 is 11.9 Å². The number of hydrogen-bond donors (Lipinski definition) is 2. The first-order chi connectivity index (χ1) is 10.7. The Balaban J connectivity index is 2.43. The molecule has 5 nitrogen and oxygen atoms in total. The lowest BCUT2D eigenvalue weighted by Gasteiger charge is -2.18. The number of rotatable bonds is 8. The number of benzene rings is 1. The molecule has 1 aromatic carbocycles. The van der Waals surface area contributed by atoms with Gasteiger partial charge in [0, 0.05) is 19.5 Å². The molecule has 1 atom stereocenters. The predicted octanol–water partition coefficient (Wildman–Crippen LogP) is 2.65. The molecule has 0 saturated heterocycles. The monoisotopic (exact) mass is 305 g/mol. The van der Waals surface area contributed by atoms with Gasteiger partial charge in [-0.3, -0.25) is 9.79 Å². The number of esters is 1. The van der Waals surface area contributed by atoms with Gasteiger partial charge in [0.2, 0.25) is 0 Å². The van der Waals surface area contributed by atoms with Crippen molar-refractivity contribution < 1.29 is 9.53 Å². The van der Waals surface area contributed by atoms with Gasteiger partial charge in [-0.25, -0.2) is 0 Å². The van der Waals surface area contributed by atoms with Crippen LogP contribution in [0.4, 0.5) is 0 Å². The van der Waals surface area contributed by atoms with Crippen LogP contribution in [0, 0.1) is 0 Å². The Bertz CT molecular complexity index is 460. The van der Waals surface area contributed by atoms with Gasteiger partial charge in [-0.05, 0) is 32.3 Å². The van der Waals surface area contributed by atoms with Crippen LogP contribution in [0.5, 0.6) is 0 Å². The van der Waals surface area contributed by atoms with E-state index in [1.165, 1.54) is 12.7 Å². The van der Waals surface area contributed by atoms with Crippen LogP contribution in [0.15, 0.2) is 35.3 Å². The standard InChI is InChI=1S/C17H27N3O2/c1-4-18-17(19-13-9-8-12-16(21)22-3)20-14(2)15-10-6-5-7-11-15/h5-7,10-11,14H,4,8-9,12-13H2,1-3H3,(H2,18,19,20). The lowest BCUT2D eigenvalue weighted by molar-refractivity contribution is -0.140. The van der Waals surface area contributed by atoms with Crippen molar-refractivity contribution in [3.05, 3.63) is 35.9 Å². The number of aliphatic imine (C=N–C) groups is 1. The summed E-state index contributed by atoms with van der Waals surface area (Å²) in [6.45, 7) is 5.66. The second-order valence-electron chi connectivity index (χ2n) is 5.07. The minimum absolute atomic E-state index is 0.160. The summed E-state index contributed by atoms with van der Waals surface area (Å²) in [5.41, 5.74) is 1.22. The Morgan fingerprint density at radius 1 is 1.27 bits per heavy atom. The number of methoxy groups -OCH3 is 1. The molecule has 0 aliphatic rings. The quantitative estimate of drug-likeness (QED) is 0.335. The van der Waals surface area contributed by atoms with Crippen LogP contribution in [0.3, 0.4) is 0 Å². The third-order valence-electron chi connectivity index (χ3n) is 3.28. The molecule has 2 N–H and O–H groups in total. The minimum atomic E-state index is -0.160. The van der Waals surface area contributed by atoms with Crippen LogP contribution in [-0.4, -0.2) is 32.1 Å². The molecule has 0 spiro atoms. The number of ether oxygens (including phenoxy) is 1. The maximum atomic E-state index is 11.0. The Labute approximate surface area is 133 Å². The van der Waals surface area contributed by atoms with Crippen molar-refractivity contribution in [3.63, 3.8) is 0 Å². The van der Waals surface area contributed by atoms with Crippen molar-refractivity contribution in [2.75, 3.05) is 20.2 Å². The second-order valence-corrected chi connectivity index (χ2v) is 5.07. The zero-order valence-corrected chi connectivity index (χ0v) is 13.8. The van der Waals surface area contributed by atoms with Gasteiger partial charge in [-0.15, -0.1) is 0 Å². The van der Waals surface area contributed by atoms with Gasteiger partial charge in [-0.1, -0.05) is 30.3 Å². The average molecular weight is 305 g/mol. The average Bonchev–Trinajstić information content (AvgIpc) is 2.55. The molecule has 0 aromatic heterocycles. The molecule has 5 heteroatoms. The van der Waals surface area contributed by atoms with Crippen molar-refractivity contribution in [2.24, 2.45) is 4.99 Å². The molecule has 0 saturated carbocycles. The van der Waals surface area contributed by atoms with Gasteiger partial charge < -0.3 is 15.4 Å². The maximum absolute atomic E-state index is 11.0. The Kier molecular flexibility index (Phi) is 8.72. The molecule has 0 aliphatic heterocycles. The molecule has 0 radical (unpaired) electrons. The molecule has 1 rings (SSSR count). The van der Waals surface area contributed by atoms with Gasteiger partial charge in [0.1, 0.15) is 0 Å². The van der Waals surface area contributed by atoms with E-state index in [0.29, 0.717) is 13.0 Å². The highest BCUT2D eigenvalue weighted by molar-refractivity contribution is 5.80. The highest BCUT2D eigenvalue weighted by Gasteiger charge is 2.06. The van der Waals surface area contributed by atoms with Gasteiger partial charge in [0.15, 0.2) is 5.96 Å². The summed E-state index contributed by atoms with van der Waals surface area (Å²) in [6.07, 6.45) is 2.12. The van der Waals surface area contributed by atoms with E-state index in [0.717, 1.165) is 25.3 Å². The highest BCUT2D eigenvalue weighted by atomic mass is 16.5. The van der Waals surface area contributed by atoms with Gasteiger partial charge >= 0.3 is 5.97 Å². The first-order valence-electron chi connectivity index (χ1n) is 7.84. The summed E-state index contributed by atoms with van der Waals surface area (Å²) in [5.74, 6) is 0.642. The van der Waals surface area contributed by atoms with Crippen molar-refractivity contribution in [3.8, 4) is 0 Å². The molecule has 0 bridgehead atoms. The fourth-order valence-corrected chi connectivity index (χ4v) is 2.02. The van der Waals surface area contributed by atoms with Crippen molar-refractivity contribution in [2.45, 2.75) is 39.2 Å². The zero-order chi connectivity index (χ0) is 16.2. The van der Waals surface area contributed by atoms with Gasteiger partial charge in [0.05, 0.1) is 13.2 Å². The first-order valence-corrected chi connectivity index (χ1v) is 7.84. The third kappa shape index (κ3) is 7.11. The molecule has 1 aromatic rings. The molecular weight excluding hydrogens is 278 g/mol. The number of carbonyl (C=O) groups excluding carboxylic acids is 1. The summed E-state index contributed by atoms with van der Waals surface area (Å²) >= 11 is 0. The summed E-state index contributed by atoms with van der Waals surface area (Å²) in [7, 11) is 1.42. The van der Waals surface area contributed by atoms with E-state index < -0.39 is 0 Å².